The molecule has 1 rings (SSSR count). The Kier molecular flexibility index (Phi) is 3.35. The van der Waals surface area contributed by atoms with Gasteiger partial charge in [0.25, 0.3) is 5.92 Å². The summed E-state index contributed by atoms with van der Waals surface area (Å²) < 4.78 is 26.3. The van der Waals surface area contributed by atoms with Gasteiger partial charge in [0.1, 0.15) is 0 Å². The molecule has 1 unspecified atom stereocenters. The van der Waals surface area contributed by atoms with Crippen molar-refractivity contribution in [3.63, 3.8) is 0 Å². The lowest BCUT2D eigenvalue weighted by Gasteiger charge is -2.40. The predicted octanol–water partition coefficient (Wildman–Crippen LogP) is 2.24. The van der Waals surface area contributed by atoms with Crippen molar-refractivity contribution in [2.75, 3.05) is 18.8 Å². The van der Waals surface area contributed by atoms with Gasteiger partial charge < -0.3 is 4.90 Å². The summed E-state index contributed by atoms with van der Waals surface area (Å²) in [4.78, 5) is 1.73. The van der Waals surface area contributed by atoms with Gasteiger partial charge in [0.2, 0.25) is 0 Å². The van der Waals surface area contributed by atoms with Gasteiger partial charge in [-0.05, 0) is 18.8 Å². The molecule has 0 amide bonds. The lowest BCUT2D eigenvalue weighted by atomic mass is 10.1. The highest BCUT2D eigenvalue weighted by atomic mass is 32.2. The summed E-state index contributed by atoms with van der Waals surface area (Å²) in [6, 6.07) is 0. The van der Waals surface area contributed by atoms with E-state index in [1.54, 1.807) is 4.90 Å². The highest BCUT2D eigenvalue weighted by molar-refractivity contribution is 7.99. The van der Waals surface area contributed by atoms with Crippen molar-refractivity contribution < 1.29 is 8.78 Å². The standard InChI is InChI=1S/C8H14F2NS/c1-3-12-7-6-11(2)5-4-8(7,9)10/h7H,2-6H2,1H3/q-1. The Bertz CT molecular complexity index is 152. The van der Waals surface area contributed by atoms with Crippen molar-refractivity contribution in [1.82, 2.24) is 4.90 Å². The summed E-state index contributed by atoms with van der Waals surface area (Å²) in [5.41, 5.74) is 0. The molecule has 0 bridgehead atoms. The first-order chi connectivity index (χ1) is 5.56. The summed E-state index contributed by atoms with van der Waals surface area (Å²) in [6.45, 7) is 2.72. The molecule has 4 heteroatoms. The van der Waals surface area contributed by atoms with E-state index in [1.165, 1.54) is 11.8 Å². The van der Waals surface area contributed by atoms with Crippen LogP contribution in [0.4, 0.5) is 8.78 Å². The van der Waals surface area contributed by atoms with E-state index in [2.05, 4.69) is 7.05 Å². The minimum Gasteiger partial charge on any atom is -0.458 e. The SMILES string of the molecule is [CH2-]N1CCC(F)(F)C(SCC)C1. The molecule has 0 aliphatic carbocycles. The molecule has 0 aromatic heterocycles. The van der Waals surface area contributed by atoms with Crippen LogP contribution < -0.4 is 0 Å². The molecule has 1 nitrogen and oxygen atoms in total. The van der Waals surface area contributed by atoms with Crippen LogP contribution in [0.5, 0.6) is 0 Å². The molecule has 0 saturated carbocycles. The van der Waals surface area contributed by atoms with E-state index in [9.17, 15) is 8.78 Å². The molecule has 1 heterocycles. The monoisotopic (exact) mass is 194 g/mol. The van der Waals surface area contributed by atoms with Crippen LogP contribution in [0.1, 0.15) is 13.3 Å². The predicted molar refractivity (Wildman–Crippen MR) is 48.4 cm³/mol. The van der Waals surface area contributed by atoms with Crippen LogP contribution in [0.25, 0.3) is 0 Å². The van der Waals surface area contributed by atoms with E-state index in [4.69, 9.17) is 0 Å². The largest absolute Gasteiger partial charge is 0.458 e. The highest BCUT2D eigenvalue weighted by Gasteiger charge is 2.41. The molecule has 0 spiro atoms. The zero-order chi connectivity index (χ0) is 9.19. The maximum atomic E-state index is 13.2. The second-order valence-electron chi connectivity index (χ2n) is 3.03. The Morgan fingerprint density at radius 2 is 2.33 bits per heavy atom. The summed E-state index contributed by atoms with van der Waals surface area (Å²) in [5, 5.41) is -0.561. The normalized spacial score (nSPS) is 30.5. The molecule has 0 aromatic carbocycles. The van der Waals surface area contributed by atoms with E-state index in [0.29, 0.717) is 13.1 Å². The van der Waals surface area contributed by atoms with E-state index >= 15 is 0 Å². The number of hydrogen-bond acceptors (Lipinski definition) is 2. The van der Waals surface area contributed by atoms with Crippen molar-refractivity contribution in [2.24, 2.45) is 0 Å². The van der Waals surface area contributed by atoms with Gasteiger partial charge in [-0.1, -0.05) is 6.92 Å². The third-order valence-corrected chi connectivity index (χ3v) is 3.25. The molecule has 0 N–H and O–H groups in total. The molecule has 1 atom stereocenters. The van der Waals surface area contributed by atoms with Crippen molar-refractivity contribution in [3.05, 3.63) is 7.05 Å². The van der Waals surface area contributed by atoms with Gasteiger partial charge in [0.05, 0.1) is 5.25 Å². The number of hydrogen-bond donors (Lipinski definition) is 0. The Hall–Kier alpha value is 0.170. The first kappa shape index (κ1) is 10.3. The molecule has 12 heavy (non-hydrogen) atoms. The maximum Gasteiger partial charge on any atom is 0.262 e. The van der Waals surface area contributed by atoms with Gasteiger partial charge in [-0.2, -0.15) is 11.8 Å². The Balaban J connectivity index is 2.52. The molecule has 1 aliphatic heterocycles. The minimum atomic E-state index is -2.49. The van der Waals surface area contributed by atoms with Gasteiger partial charge in [-0.3, -0.25) is 7.05 Å². The number of likely N-dealkylation sites (tertiary alicyclic amines) is 1. The second kappa shape index (κ2) is 3.92. The summed E-state index contributed by atoms with van der Waals surface area (Å²) >= 11 is 1.33. The fourth-order valence-corrected chi connectivity index (χ4v) is 2.38. The van der Waals surface area contributed by atoms with Crippen LogP contribution in [-0.2, 0) is 0 Å². The second-order valence-corrected chi connectivity index (χ2v) is 4.51. The molecule has 1 aliphatic rings. The van der Waals surface area contributed by atoms with Gasteiger partial charge in [-0.25, -0.2) is 8.78 Å². The van der Waals surface area contributed by atoms with Gasteiger partial charge >= 0.3 is 0 Å². The molecule has 72 valence electrons. The minimum absolute atomic E-state index is 0.0475. The fourth-order valence-electron chi connectivity index (χ4n) is 1.30. The van der Waals surface area contributed by atoms with E-state index in [1.807, 2.05) is 6.92 Å². The highest BCUT2D eigenvalue weighted by Crippen LogP contribution is 2.35. The molecule has 0 aromatic rings. The molecular weight excluding hydrogens is 180 g/mol. The third-order valence-electron chi connectivity index (χ3n) is 2.02. The Morgan fingerprint density at radius 1 is 1.67 bits per heavy atom. The van der Waals surface area contributed by atoms with Crippen LogP contribution in [-0.4, -0.2) is 34.9 Å². The van der Waals surface area contributed by atoms with E-state index in [0.717, 1.165) is 5.75 Å². The van der Waals surface area contributed by atoms with Crippen LogP contribution >= 0.6 is 11.8 Å². The summed E-state index contributed by atoms with van der Waals surface area (Å²) in [6.07, 6.45) is -0.0475. The number of rotatable bonds is 2. The maximum absolute atomic E-state index is 13.2. The zero-order valence-corrected chi connectivity index (χ0v) is 8.04. The van der Waals surface area contributed by atoms with Crippen LogP contribution in [0.2, 0.25) is 0 Å². The number of halogens is 2. The topological polar surface area (TPSA) is 3.24 Å². The smallest absolute Gasteiger partial charge is 0.262 e. The van der Waals surface area contributed by atoms with E-state index in [-0.39, 0.29) is 6.42 Å². The van der Waals surface area contributed by atoms with Gasteiger partial charge in [0.15, 0.2) is 0 Å². The number of thioether (sulfide) groups is 1. The van der Waals surface area contributed by atoms with Crippen LogP contribution in [0.3, 0.4) is 0 Å². The van der Waals surface area contributed by atoms with E-state index < -0.39 is 11.2 Å². The lowest BCUT2D eigenvalue weighted by Crippen LogP contribution is -2.46. The number of piperidine rings is 1. The van der Waals surface area contributed by atoms with Crippen molar-refractivity contribution in [2.45, 2.75) is 24.5 Å². The Morgan fingerprint density at radius 3 is 2.92 bits per heavy atom. The molecule has 0 radical (unpaired) electrons. The molecule has 1 saturated heterocycles. The average molecular weight is 194 g/mol. The first-order valence-corrected chi connectivity index (χ1v) is 5.16. The lowest BCUT2D eigenvalue weighted by molar-refractivity contribution is -0.0406. The van der Waals surface area contributed by atoms with Crippen LogP contribution in [0, 0.1) is 7.05 Å². The third kappa shape index (κ3) is 2.33. The molecule has 1 fully saturated rings. The number of alkyl halides is 2. The fraction of sp³-hybridized carbons (Fsp3) is 0.875. The molecular formula is C8H14F2NS-. The summed E-state index contributed by atoms with van der Waals surface area (Å²) in [7, 11) is 3.68. The Labute approximate surface area is 76.5 Å². The average Bonchev–Trinajstić information content (AvgIpc) is 1.98. The first-order valence-electron chi connectivity index (χ1n) is 4.11. The van der Waals surface area contributed by atoms with Crippen molar-refractivity contribution >= 4 is 11.8 Å². The van der Waals surface area contributed by atoms with Crippen LogP contribution in [0.15, 0.2) is 0 Å². The zero-order valence-electron chi connectivity index (χ0n) is 7.22. The quantitative estimate of drug-likeness (QED) is 0.620. The van der Waals surface area contributed by atoms with Gasteiger partial charge in [-0.15, -0.1) is 0 Å². The van der Waals surface area contributed by atoms with Crippen molar-refractivity contribution in [1.29, 1.82) is 0 Å². The summed E-state index contributed by atoms with van der Waals surface area (Å²) in [5.74, 6) is -1.75. The van der Waals surface area contributed by atoms with Gasteiger partial charge in [0, 0.05) is 6.42 Å². The van der Waals surface area contributed by atoms with Crippen molar-refractivity contribution in [3.8, 4) is 0 Å². The number of nitrogens with zero attached hydrogens (tertiary/aromatic N) is 1.